The molecule has 0 radical (unpaired) electrons. The summed E-state index contributed by atoms with van der Waals surface area (Å²) in [6, 6.07) is 0.542. The zero-order valence-electron chi connectivity index (χ0n) is 27.9. The maximum Gasteiger partial charge on any atom is 0.0919 e. The van der Waals surface area contributed by atoms with Gasteiger partial charge in [0.15, 0.2) is 0 Å². The molecule has 5 atom stereocenters. The summed E-state index contributed by atoms with van der Waals surface area (Å²) in [4.78, 5) is 0. The number of likely N-dealkylation sites (N-methyl/N-ethyl adjacent to an activating group) is 1. The topological polar surface area (TPSA) is 48.1 Å². The SMILES string of the molecule is C=C(NC(CC)C(C)(C)C)NC(C(=C)CC(CC(C)CC)C(=C)NC(CCCC)C(=C)C(=C)NC)C(C)(C)C. The van der Waals surface area contributed by atoms with Gasteiger partial charge in [-0.3, -0.25) is 0 Å². The molecule has 0 aromatic carbocycles. The first kappa shape index (κ1) is 36.9. The lowest BCUT2D eigenvalue weighted by Gasteiger charge is -2.39. The van der Waals surface area contributed by atoms with Crippen LogP contribution in [-0.4, -0.2) is 25.2 Å². The van der Waals surface area contributed by atoms with Crippen molar-refractivity contribution in [3.63, 3.8) is 0 Å². The van der Waals surface area contributed by atoms with Gasteiger partial charge in [0.2, 0.25) is 0 Å². The maximum atomic E-state index is 4.64. The predicted molar refractivity (Wildman–Crippen MR) is 176 cm³/mol. The summed E-state index contributed by atoms with van der Waals surface area (Å²) in [6.07, 6.45) is 7.40. The van der Waals surface area contributed by atoms with Crippen molar-refractivity contribution in [1.29, 1.82) is 0 Å². The number of rotatable bonds is 20. The minimum atomic E-state index is -0.0245. The molecule has 0 spiro atoms. The van der Waals surface area contributed by atoms with Gasteiger partial charge in [-0.05, 0) is 48.0 Å². The van der Waals surface area contributed by atoms with Crippen LogP contribution < -0.4 is 21.3 Å². The molecule has 0 aliphatic heterocycles. The molecule has 0 bridgehead atoms. The van der Waals surface area contributed by atoms with E-state index < -0.39 is 0 Å². The van der Waals surface area contributed by atoms with E-state index in [4.69, 9.17) is 0 Å². The fraction of sp³-hybridized carbons (Fsp3) is 0.714. The van der Waals surface area contributed by atoms with E-state index in [9.17, 15) is 0 Å². The predicted octanol–water partition coefficient (Wildman–Crippen LogP) is 8.83. The van der Waals surface area contributed by atoms with Crippen LogP contribution in [0.4, 0.5) is 0 Å². The number of unbranched alkanes of at least 4 members (excludes halogenated alkanes) is 1. The Balaban J connectivity index is 5.91. The molecule has 39 heavy (non-hydrogen) atoms. The third-order valence-corrected chi connectivity index (χ3v) is 8.10. The zero-order valence-corrected chi connectivity index (χ0v) is 27.9. The first-order valence-corrected chi connectivity index (χ1v) is 15.3. The summed E-state index contributed by atoms with van der Waals surface area (Å²) in [7, 11) is 1.90. The highest BCUT2D eigenvalue weighted by Gasteiger charge is 2.31. The summed E-state index contributed by atoms with van der Waals surface area (Å²) in [5, 5.41) is 14.3. The molecule has 4 heteroatoms. The van der Waals surface area contributed by atoms with Crippen LogP contribution in [0.2, 0.25) is 0 Å². The van der Waals surface area contributed by atoms with Gasteiger partial charge < -0.3 is 21.3 Å². The van der Waals surface area contributed by atoms with Gasteiger partial charge in [0, 0.05) is 30.4 Å². The molecule has 5 unspecified atom stereocenters. The molecule has 4 nitrogen and oxygen atoms in total. The lowest BCUT2D eigenvalue weighted by molar-refractivity contribution is 0.256. The number of hydrogen-bond donors (Lipinski definition) is 4. The van der Waals surface area contributed by atoms with Crippen LogP contribution in [0.15, 0.2) is 61.3 Å². The van der Waals surface area contributed by atoms with Crippen LogP contribution in [0.1, 0.15) is 114 Å². The van der Waals surface area contributed by atoms with E-state index in [0.717, 1.165) is 67.7 Å². The molecule has 226 valence electrons. The normalized spacial score (nSPS) is 15.8. The molecule has 0 aromatic heterocycles. The van der Waals surface area contributed by atoms with Crippen molar-refractivity contribution in [2.24, 2.45) is 22.7 Å². The second-order valence-electron chi connectivity index (χ2n) is 13.8. The van der Waals surface area contributed by atoms with Crippen LogP contribution in [0, 0.1) is 22.7 Å². The monoisotopic (exact) mass is 543 g/mol. The molecule has 0 heterocycles. The Kier molecular flexibility index (Phi) is 16.0. The Bertz CT molecular complexity index is 807. The summed E-state index contributed by atoms with van der Waals surface area (Å²) in [6.45, 7) is 44.8. The summed E-state index contributed by atoms with van der Waals surface area (Å²) >= 11 is 0. The fourth-order valence-electron chi connectivity index (χ4n) is 5.18. The Morgan fingerprint density at radius 1 is 0.795 bits per heavy atom. The Hall–Kier alpha value is -2.10. The highest BCUT2D eigenvalue weighted by Crippen LogP contribution is 2.33. The van der Waals surface area contributed by atoms with E-state index in [-0.39, 0.29) is 28.8 Å². The van der Waals surface area contributed by atoms with Gasteiger partial charge in [0.25, 0.3) is 0 Å². The molecule has 0 amide bonds. The molecular formula is C35H66N4. The van der Waals surface area contributed by atoms with Crippen molar-refractivity contribution in [2.45, 2.75) is 132 Å². The van der Waals surface area contributed by atoms with E-state index >= 15 is 0 Å². The van der Waals surface area contributed by atoms with Gasteiger partial charge in [-0.15, -0.1) is 0 Å². The summed E-state index contributed by atoms with van der Waals surface area (Å²) in [5.74, 6) is 1.74. The highest BCUT2D eigenvalue weighted by atomic mass is 15.1. The Morgan fingerprint density at radius 2 is 1.38 bits per heavy atom. The summed E-state index contributed by atoms with van der Waals surface area (Å²) in [5.41, 5.74) is 4.27. The minimum Gasteiger partial charge on any atom is -0.388 e. The van der Waals surface area contributed by atoms with Crippen molar-refractivity contribution >= 4 is 0 Å². The van der Waals surface area contributed by atoms with Gasteiger partial charge in [0.05, 0.1) is 17.9 Å². The van der Waals surface area contributed by atoms with Gasteiger partial charge in [-0.1, -0.05) is 127 Å². The van der Waals surface area contributed by atoms with Gasteiger partial charge in [-0.2, -0.15) is 0 Å². The number of nitrogens with one attached hydrogen (secondary N) is 4. The maximum absolute atomic E-state index is 4.64. The van der Waals surface area contributed by atoms with Gasteiger partial charge in [0.1, 0.15) is 0 Å². The van der Waals surface area contributed by atoms with Crippen LogP contribution in [-0.2, 0) is 0 Å². The van der Waals surface area contributed by atoms with Crippen molar-refractivity contribution in [3.05, 3.63) is 61.3 Å². The molecule has 0 saturated carbocycles. The van der Waals surface area contributed by atoms with Crippen LogP contribution in [0.5, 0.6) is 0 Å². The molecule has 0 fully saturated rings. The molecule has 4 N–H and O–H groups in total. The van der Waals surface area contributed by atoms with E-state index in [1.165, 1.54) is 5.57 Å². The van der Waals surface area contributed by atoms with Gasteiger partial charge in [-0.25, -0.2) is 0 Å². The van der Waals surface area contributed by atoms with E-state index in [0.29, 0.717) is 12.0 Å². The molecule has 0 aliphatic rings. The first-order chi connectivity index (χ1) is 17.9. The molecule has 0 aliphatic carbocycles. The summed E-state index contributed by atoms with van der Waals surface area (Å²) < 4.78 is 0. The lowest BCUT2D eigenvalue weighted by atomic mass is 9.77. The van der Waals surface area contributed by atoms with Crippen molar-refractivity contribution < 1.29 is 0 Å². The fourth-order valence-corrected chi connectivity index (χ4v) is 5.18. The quantitative estimate of drug-likeness (QED) is 0.0917. The smallest absolute Gasteiger partial charge is 0.0919 e. The van der Waals surface area contributed by atoms with E-state index in [2.05, 4.69) is 123 Å². The van der Waals surface area contributed by atoms with Crippen molar-refractivity contribution in [3.8, 4) is 0 Å². The van der Waals surface area contributed by atoms with Crippen LogP contribution in [0.3, 0.4) is 0 Å². The highest BCUT2D eigenvalue weighted by molar-refractivity contribution is 5.30. The zero-order chi connectivity index (χ0) is 30.6. The molecule has 0 saturated heterocycles. The Morgan fingerprint density at radius 3 is 1.82 bits per heavy atom. The van der Waals surface area contributed by atoms with Crippen molar-refractivity contribution in [1.82, 2.24) is 21.3 Å². The number of allylic oxidation sites excluding steroid dienone is 1. The average Bonchev–Trinajstić information content (AvgIpc) is 2.84. The van der Waals surface area contributed by atoms with Crippen LogP contribution >= 0.6 is 0 Å². The second-order valence-corrected chi connectivity index (χ2v) is 13.8. The minimum absolute atomic E-state index is 0.0245. The van der Waals surface area contributed by atoms with Crippen LogP contribution in [0.25, 0.3) is 0 Å². The first-order valence-electron chi connectivity index (χ1n) is 15.3. The standard InChI is InChI=1S/C35H66N4/c1-17-20-21-31(26(6)27(7)36-16)37-28(8)30(22-24(4)18-2)23-25(5)33(35(13,14)15)39-29(9)38-32(19-3)34(10,11)12/h24,30-33,36-39H,5-9,17-23H2,1-4,10-16H3. The molecule has 0 rings (SSSR count). The lowest BCUT2D eigenvalue weighted by Crippen LogP contribution is -2.48. The largest absolute Gasteiger partial charge is 0.388 e. The third-order valence-electron chi connectivity index (χ3n) is 8.10. The third kappa shape index (κ3) is 13.2. The second kappa shape index (κ2) is 16.9. The molecule has 0 aromatic rings. The van der Waals surface area contributed by atoms with E-state index in [1.54, 1.807) is 0 Å². The van der Waals surface area contributed by atoms with Gasteiger partial charge >= 0.3 is 0 Å². The number of hydrogen-bond acceptors (Lipinski definition) is 4. The average molecular weight is 543 g/mol. The Labute approximate surface area is 244 Å². The van der Waals surface area contributed by atoms with E-state index in [1.807, 2.05) is 7.05 Å². The molecular weight excluding hydrogens is 476 g/mol. The van der Waals surface area contributed by atoms with Crippen molar-refractivity contribution in [2.75, 3.05) is 7.05 Å².